The Kier molecular flexibility index (Phi) is 4.93. The highest BCUT2D eigenvalue weighted by molar-refractivity contribution is 5.88. The summed E-state index contributed by atoms with van der Waals surface area (Å²) < 4.78 is 14.7. The van der Waals surface area contributed by atoms with Crippen LogP contribution < -0.4 is 4.74 Å². The van der Waals surface area contributed by atoms with Crippen molar-refractivity contribution in [1.29, 1.82) is 0 Å². The smallest absolute Gasteiger partial charge is 0.336 e. The van der Waals surface area contributed by atoms with Crippen LogP contribution >= 0.6 is 0 Å². The number of benzene rings is 1. The summed E-state index contributed by atoms with van der Waals surface area (Å²) >= 11 is 0. The zero-order valence-corrected chi connectivity index (χ0v) is 11.4. The second-order valence-corrected chi connectivity index (χ2v) is 4.17. The lowest BCUT2D eigenvalue weighted by molar-refractivity contribution is -0.139. The highest BCUT2D eigenvalue weighted by Crippen LogP contribution is 2.13. The lowest BCUT2D eigenvalue weighted by Crippen LogP contribution is -2.05. The van der Waals surface area contributed by atoms with E-state index in [0.717, 1.165) is 5.56 Å². The number of esters is 2. The summed E-state index contributed by atoms with van der Waals surface area (Å²) in [6.07, 6.45) is 4.50. The van der Waals surface area contributed by atoms with E-state index in [1.54, 1.807) is 36.4 Å². The Labute approximate surface area is 121 Å². The maximum atomic E-state index is 11.6. The van der Waals surface area contributed by atoms with Crippen molar-refractivity contribution in [3.05, 3.63) is 60.1 Å². The third-order valence-electron chi connectivity index (χ3n) is 2.64. The van der Waals surface area contributed by atoms with Gasteiger partial charge in [-0.1, -0.05) is 12.1 Å². The molecule has 2 rings (SSSR count). The summed E-state index contributed by atoms with van der Waals surface area (Å²) in [5.41, 5.74) is 0.785. The topological polar surface area (TPSA) is 65.7 Å². The molecule has 1 aromatic heterocycles. The minimum Gasteiger partial charge on any atom is -0.469 e. The van der Waals surface area contributed by atoms with E-state index in [2.05, 4.69) is 4.74 Å². The van der Waals surface area contributed by atoms with E-state index in [-0.39, 0.29) is 12.4 Å². The van der Waals surface area contributed by atoms with E-state index in [9.17, 15) is 9.59 Å². The molecule has 2 aromatic rings. The Morgan fingerprint density at radius 3 is 2.57 bits per heavy atom. The monoisotopic (exact) mass is 286 g/mol. The SMILES string of the molecule is COC(=O)Cc1ccc(OC(=O)/C=C/c2ccco2)cc1. The standard InChI is InChI=1S/C16H14O5/c1-19-16(18)11-12-4-6-14(7-5-12)21-15(17)9-8-13-3-2-10-20-13/h2-10H,11H2,1H3/b9-8+. The van der Waals surface area contributed by atoms with Gasteiger partial charge in [0.05, 0.1) is 19.8 Å². The van der Waals surface area contributed by atoms with Crippen LogP contribution in [0.25, 0.3) is 6.08 Å². The van der Waals surface area contributed by atoms with Crippen molar-refractivity contribution in [2.75, 3.05) is 7.11 Å². The van der Waals surface area contributed by atoms with Crippen LogP contribution in [0.4, 0.5) is 0 Å². The third-order valence-corrected chi connectivity index (χ3v) is 2.64. The van der Waals surface area contributed by atoms with Gasteiger partial charge < -0.3 is 13.9 Å². The molecule has 5 heteroatoms. The Bertz CT molecular complexity index is 623. The van der Waals surface area contributed by atoms with Crippen LogP contribution in [0.5, 0.6) is 5.75 Å². The zero-order chi connectivity index (χ0) is 15.1. The molecular weight excluding hydrogens is 272 g/mol. The first-order chi connectivity index (χ1) is 10.2. The Balaban J connectivity index is 1.90. The molecule has 21 heavy (non-hydrogen) atoms. The van der Waals surface area contributed by atoms with Gasteiger partial charge in [-0.3, -0.25) is 4.79 Å². The Hall–Kier alpha value is -2.82. The lowest BCUT2D eigenvalue weighted by atomic mass is 10.1. The molecule has 1 heterocycles. The third kappa shape index (κ3) is 4.65. The molecule has 0 amide bonds. The largest absolute Gasteiger partial charge is 0.469 e. The number of rotatable bonds is 5. The summed E-state index contributed by atoms with van der Waals surface area (Å²) in [7, 11) is 1.34. The molecule has 0 bridgehead atoms. The van der Waals surface area contributed by atoms with Gasteiger partial charge in [-0.25, -0.2) is 4.79 Å². The highest BCUT2D eigenvalue weighted by Gasteiger charge is 2.04. The second kappa shape index (κ2) is 7.09. The molecule has 1 aromatic carbocycles. The van der Waals surface area contributed by atoms with Crippen LogP contribution in [0.1, 0.15) is 11.3 Å². The van der Waals surface area contributed by atoms with E-state index >= 15 is 0 Å². The van der Waals surface area contributed by atoms with Gasteiger partial charge in [0.15, 0.2) is 0 Å². The maximum absolute atomic E-state index is 11.6. The summed E-state index contributed by atoms with van der Waals surface area (Å²) in [5.74, 6) is 0.145. The molecule has 5 nitrogen and oxygen atoms in total. The van der Waals surface area contributed by atoms with Gasteiger partial charge in [-0.05, 0) is 35.9 Å². The molecule has 0 unspecified atom stereocenters. The van der Waals surface area contributed by atoms with Gasteiger partial charge in [-0.2, -0.15) is 0 Å². The molecule has 0 spiro atoms. The van der Waals surface area contributed by atoms with E-state index in [1.807, 2.05) is 0 Å². The summed E-state index contributed by atoms with van der Waals surface area (Å²) in [5, 5.41) is 0. The quantitative estimate of drug-likeness (QED) is 0.480. The van der Waals surface area contributed by atoms with E-state index in [0.29, 0.717) is 11.5 Å². The molecule has 0 atom stereocenters. The van der Waals surface area contributed by atoms with Crippen molar-refractivity contribution in [3.63, 3.8) is 0 Å². The van der Waals surface area contributed by atoms with Crippen LogP contribution in [0.2, 0.25) is 0 Å². The van der Waals surface area contributed by atoms with Crippen LogP contribution in [0.3, 0.4) is 0 Å². The van der Waals surface area contributed by atoms with Gasteiger partial charge in [0.1, 0.15) is 11.5 Å². The molecule has 108 valence electrons. The molecule has 0 saturated carbocycles. The highest BCUT2D eigenvalue weighted by atomic mass is 16.5. The van der Waals surface area contributed by atoms with Crippen molar-refractivity contribution >= 4 is 18.0 Å². The second-order valence-electron chi connectivity index (χ2n) is 4.17. The molecule has 0 fully saturated rings. The molecule has 0 aliphatic rings. The van der Waals surface area contributed by atoms with Gasteiger partial charge in [0, 0.05) is 6.08 Å². The van der Waals surface area contributed by atoms with E-state index < -0.39 is 5.97 Å². The van der Waals surface area contributed by atoms with Crippen molar-refractivity contribution < 1.29 is 23.5 Å². The minimum absolute atomic E-state index is 0.184. The lowest BCUT2D eigenvalue weighted by Gasteiger charge is -2.03. The van der Waals surface area contributed by atoms with Gasteiger partial charge >= 0.3 is 11.9 Å². The van der Waals surface area contributed by atoms with Crippen LogP contribution in [0, 0.1) is 0 Å². The molecule has 0 aliphatic carbocycles. The fourth-order valence-electron chi connectivity index (χ4n) is 1.60. The Morgan fingerprint density at radius 1 is 1.19 bits per heavy atom. The number of ether oxygens (including phenoxy) is 2. The zero-order valence-electron chi connectivity index (χ0n) is 11.4. The van der Waals surface area contributed by atoms with Crippen molar-refractivity contribution in [1.82, 2.24) is 0 Å². The maximum Gasteiger partial charge on any atom is 0.336 e. The summed E-state index contributed by atoms with van der Waals surface area (Å²) in [4.78, 5) is 22.7. The van der Waals surface area contributed by atoms with Gasteiger partial charge in [0.25, 0.3) is 0 Å². The van der Waals surface area contributed by atoms with Crippen molar-refractivity contribution in [3.8, 4) is 5.75 Å². The van der Waals surface area contributed by atoms with Crippen LogP contribution in [0.15, 0.2) is 53.2 Å². The van der Waals surface area contributed by atoms with Crippen LogP contribution in [-0.4, -0.2) is 19.0 Å². The average Bonchev–Trinajstić information content (AvgIpc) is 3.00. The summed E-state index contributed by atoms with van der Waals surface area (Å²) in [6, 6.07) is 10.1. The van der Waals surface area contributed by atoms with Crippen LogP contribution in [-0.2, 0) is 20.7 Å². The number of hydrogen-bond donors (Lipinski definition) is 0. The number of carbonyl (C=O) groups excluding carboxylic acids is 2. The predicted molar refractivity (Wildman–Crippen MR) is 75.5 cm³/mol. The molecule has 0 N–H and O–H groups in total. The van der Waals surface area contributed by atoms with Crippen molar-refractivity contribution in [2.24, 2.45) is 0 Å². The summed E-state index contributed by atoms with van der Waals surface area (Å²) in [6.45, 7) is 0. The molecular formula is C16H14O5. The minimum atomic E-state index is -0.507. The number of carbonyl (C=O) groups is 2. The van der Waals surface area contributed by atoms with Crippen molar-refractivity contribution in [2.45, 2.75) is 6.42 Å². The Morgan fingerprint density at radius 2 is 1.95 bits per heavy atom. The van der Waals surface area contributed by atoms with Gasteiger partial charge in [0.2, 0.25) is 0 Å². The predicted octanol–water partition coefficient (Wildman–Crippen LogP) is 2.61. The average molecular weight is 286 g/mol. The number of hydrogen-bond acceptors (Lipinski definition) is 5. The molecule has 0 saturated heterocycles. The fraction of sp³-hybridized carbons (Fsp3) is 0.125. The molecule has 0 aliphatic heterocycles. The first-order valence-electron chi connectivity index (χ1n) is 6.26. The fourth-order valence-corrected chi connectivity index (χ4v) is 1.60. The van der Waals surface area contributed by atoms with Gasteiger partial charge in [-0.15, -0.1) is 0 Å². The van der Waals surface area contributed by atoms with E-state index in [1.165, 1.54) is 25.5 Å². The first-order valence-corrected chi connectivity index (χ1v) is 6.26. The number of furan rings is 1. The first kappa shape index (κ1) is 14.6. The van der Waals surface area contributed by atoms with E-state index in [4.69, 9.17) is 9.15 Å². The molecule has 0 radical (unpaired) electrons. The normalized spacial score (nSPS) is 10.5. The number of methoxy groups -OCH3 is 1.